The normalized spacial score (nSPS) is 12.2. The maximum Gasteiger partial charge on any atom is 0.127 e. The van der Waals surface area contributed by atoms with Gasteiger partial charge in [0.1, 0.15) is 11.5 Å². The molecule has 90 valence electrons. The van der Waals surface area contributed by atoms with Crippen molar-refractivity contribution in [3.05, 3.63) is 23.8 Å². The largest absolute Gasteiger partial charge is 0.497 e. The van der Waals surface area contributed by atoms with Gasteiger partial charge in [0, 0.05) is 24.1 Å². The van der Waals surface area contributed by atoms with Gasteiger partial charge >= 0.3 is 0 Å². The number of rotatable bonds is 6. The molecule has 3 nitrogen and oxygen atoms in total. The zero-order valence-corrected chi connectivity index (χ0v) is 9.70. The predicted octanol–water partition coefficient (Wildman–Crippen LogP) is 2.45. The molecule has 4 heteroatoms. The maximum absolute atomic E-state index is 12.0. The van der Waals surface area contributed by atoms with Gasteiger partial charge in [-0.05, 0) is 13.0 Å². The zero-order chi connectivity index (χ0) is 12.0. The molecule has 0 aliphatic heterocycles. The number of methoxy groups -OCH3 is 1. The molecule has 0 heterocycles. The average molecular weight is 227 g/mol. The molecule has 1 atom stereocenters. The van der Waals surface area contributed by atoms with Gasteiger partial charge in [-0.15, -0.1) is 0 Å². The SMILES string of the molecule is COc1ccc([C@@H](C)N)c(OCCCF)c1. The summed E-state index contributed by atoms with van der Waals surface area (Å²) in [7, 11) is 1.59. The van der Waals surface area contributed by atoms with Crippen LogP contribution in [0.25, 0.3) is 0 Å². The Bertz CT molecular complexity index is 329. The summed E-state index contributed by atoms with van der Waals surface area (Å²) < 4.78 is 22.6. The van der Waals surface area contributed by atoms with E-state index in [-0.39, 0.29) is 12.7 Å². The maximum atomic E-state index is 12.0. The summed E-state index contributed by atoms with van der Waals surface area (Å²) in [6, 6.07) is 5.36. The molecule has 0 fully saturated rings. The highest BCUT2D eigenvalue weighted by molar-refractivity contribution is 5.42. The van der Waals surface area contributed by atoms with Crippen LogP contribution in [0.1, 0.15) is 24.9 Å². The second-order valence-electron chi connectivity index (χ2n) is 3.58. The fraction of sp³-hybridized carbons (Fsp3) is 0.500. The average Bonchev–Trinajstić information content (AvgIpc) is 2.29. The molecule has 0 bridgehead atoms. The standard InChI is InChI=1S/C12H18FNO2/c1-9(14)11-5-4-10(15-2)8-12(11)16-7-3-6-13/h4-5,8-9H,3,6-7,14H2,1-2H3/t9-/m1/s1. The van der Waals surface area contributed by atoms with Crippen molar-refractivity contribution in [3.63, 3.8) is 0 Å². The third-order valence-electron chi connectivity index (χ3n) is 2.25. The molecule has 1 aromatic rings. The van der Waals surface area contributed by atoms with Crippen molar-refractivity contribution in [2.45, 2.75) is 19.4 Å². The van der Waals surface area contributed by atoms with Gasteiger partial charge in [-0.2, -0.15) is 0 Å². The minimum atomic E-state index is -0.377. The van der Waals surface area contributed by atoms with Crippen molar-refractivity contribution in [2.24, 2.45) is 5.73 Å². The van der Waals surface area contributed by atoms with Gasteiger partial charge in [0.05, 0.1) is 20.4 Å². The van der Waals surface area contributed by atoms with Gasteiger partial charge in [0.25, 0.3) is 0 Å². The first-order chi connectivity index (χ1) is 7.69. The molecule has 2 N–H and O–H groups in total. The summed E-state index contributed by atoms with van der Waals surface area (Å²) >= 11 is 0. The van der Waals surface area contributed by atoms with E-state index in [2.05, 4.69) is 0 Å². The Hall–Kier alpha value is -1.29. The van der Waals surface area contributed by atoms with Crippen molar-refractivity contribution in [2.75, 3.05) is 20.4 Å². The second-order valence-corrected chi connectivity index (χ2v) is 3.58. The molecule has 0 unspecified atom stereocenters. The summed E-state index contributed by atoms with van der Waals surface area (Å²) in [5.74, 6) is 1.38. The lowest BCUT2D eigenvalue weighted by molar-refractivity contribution is 0.284. The molecule has 1 rings (SSSR count). The number of ether oxygens (including phenoxy) is 2. The van der Waals surface area contributed by atoms with E-state index < -0.39 is 0 Å². The molecule has 0 radical (unpaired) electrons. The van der Waals surface area contributed by atoms with Gasteiger partial charge in [-0.3, -0.25) is 4.39 Å². The van der Waals surface area contributed by atoms with E-state index in [1.165, 1.54) is 0 Å². The highest BCUT2D eigenvalue weighted by atomic mass is 19.1. The minimum absolute atomic E-state index is 0.119. The van der Waals surface area contributed by atoms with Gasteiger partial charge in [0.2, 0.25) is 0 Å². The highest BCUT2D eigenvalue weighted by Crippen LogP contribution is 2.28. The summed E-state index contributed by atoms with van der Waals surface area (Å²) in [5, 5.41) is 0. The van der Waals surface area contributed by atoms with E-state index in [4.69, 9.17) is 15.2 Å². The molecule has 0 aliphatic rings. The Kier molecular flexibility index (Phi) is 5.05. The fourth-order valence-electron chi connectivity index (χ4n) is 1.38. The van der Waals surface area contributed by atoms with Crippen LogP contribution in [0.2, 0.25) is 0 Å². The van der Waals surface area contributed by atoms with Crippen LogP contribution in [-0.4, -0.2) is 20.4 Å². The van der Waals surface area contributed by atoms with E-state index in [0.29, 0.717) is 24.5 Å². The summed E-state index contributed by atoms with van der Waals surface area (Å²) in [4.78, 5) is 0. The molecule has 0 saturated carbocycles. The first-order valence-corrected chi connectivity index (χ1v) is 5.31. The van der Waals surface area contributed by atoms with Crippen molar-refractivity contribution in [3.8, 4) is 11.5 Å². The number of nitrogens with two attached hydrogens (primary N) is 1. The van der Waals surface area contributed by atoms with Crippen LogP contribution in [0.3, 0.4) is 0 Å². The predicted molar refractivity (Wildman–Crippen MR) is 61.7 cm³/mol. The quantitative estimate of drug-likeness (QED) is 0.759. The zero-order valence-electron chi connectivity index (χ0n) is 9.70. The Morgan fingerprint density at radius 2 is 2.19 bits per heavy atom. The summed E-state index contributed by atoms with van der Waals surface area (Å²) in [5.41, 5.74) is 6.72. The third kappa shape index (κ3) is 3.38. The molecule has 16 heavy (non-hydrogen) atoms. The Balaban J connectivity index is 2.83. The van der Waals surface area contributed by atoms with E-state index >= 15 is 0 Å². The topological polar surface area (TPSA) is 44.5 Å². The van der Waals surface area contributed by atoms with Gasteiger partial charge in [-0.1, -0.05) is 6.07 Å². The van der Waals surface area contributed by atoms with E-state index in [0.717, 1.165) is 5.56 Å². The van der Waals surface area contributed by atoms with E-state index in [9.17, 15) is 4.39 Å². The van der Waals surface area contributed by atoms with Crippen LogP contribution < -0.4 is 15.2 Å². The van der Waals surface area contributed by atoms with Crippen molar-refractivity contribution < 1.29 is 13.9 Å². The Morgan fingerprint density at radius 3 is 2.75 bits per heavy atom. The molecule has 0 amide bonds. The Morgan fingerprint density at radius 1 is 1.44 bits per heavy atom. The Labute approximate surface area is 95.4 Å². The number of hydrogen-bond donors (Lipinski definition) is 1. The molecule has 0 aliphatic carbocycles. The van der Waals surface area contributed by atoms with Gasteiger partial charge in [-0.25, -0.2) is 0 Å². The lowest BCUT2D eigenvalue weighted by Gasteiger charge is -2.14. The number of alkyl halides is 1. The molecular formula is C12H18FNO2. The van der Waals surface area contributed by atoms with Crippen LogP contribution in [0.4, 0.5) is 4.39 Å². The first-order valence-electron chi connectivity index (χ1n) is 5.31. The second kappa shape index (κ2) is 6.33. The van der Waals surface area contributed by atoms with Crippen LogP contribution in [0, 0.1) is 0 Å². The third-order valence-corrected chi connectivity index (χ3v) is 2.25. The van der Waals surface area contributed by atoms with Crippen LogP contribution in [0.5, 0.6) is 11.5 Å². The van der Waals surface area contributed by atoms with Gasteiger partial charge in [0.15, 0.2) is 0 Å². The van der Waals surface area contributed by atoms with Crippen molar-refractivity contribution >= 4 is 0 Å². The van der Waals surface area contributed by atoms with E-state index in [1.54, 1.807) is 13.2 Å². The van der Waals surface area contributed by atoms with Crippen molar-refractivity contribution in [1.82, 2.24) is 0 Å². The van der Waals surface area contributed by atoms with Crippen LogP contribution >= 0.6 is 0 Å². The van der Waals surface area contributed by atoms with Crippen molar-refractivity contribution in [1.29, 1.82) is 0 Å². The number of benzene rings is 1. The van der Waals surface area contributed by atoms with Crippen LogP contribution in [0.15, 0.2) is 18.2 Å². The lowest BCUT2D eigenvalue weighted by atomic mass is 10.1. The number of halogens is 1. The number of hydrogen-bond acceptors (Lipinski definition) is 3. The molecule has 0 aromatic heterocycles. The summed E-state index contributed by atoms with van der Waals surface area (Å²) in [6.45, 7) is 1.85. The minimum Gasteiger partial charge on any atom is -0.497 e. The molecule has 0 spiro atoms. The molecule has 1 aromatic carbocycles. The van der Waals surface area contributed by atoms with E-state index in [1.807, 2.05) is 19.1 Å². The first kappa shape index (κ1) is 12.8. The summed E-state index contributed by atoms with van der Waals surface area (Å²) in [6.07, 6.45) is 0.385. The van der Waals surface area contributed by atoms with Gasteiger partial charge < -0.3 is 15.2 Å². The molecule has 0 saturated heterocycles. The molecular weight excluding hydrogens is 209 g/mol. The smallest absolute Gasteiger partial charge is 0.127 e. The highest BCUT2D eigenvalue weighted by Gasteiger charge is 2.09. The lowest BCUT2D eigenvalue weighted by Crippen LogP contribution is -2.09. The monoisotopic (exact) mass is 227 g/mol. The fourth-order valence-corrected chi connectivity index (χ4v) is 1.38. The van der Waals surface area contributed by atoms with Crippen LogP contribution in [-0.2, 0) is 0 Å².